The number of allylic oxidation sites excluding steroid dienone is 1. The van der Waals surface area contributed by atoms with E-state index < -0.39 is 11.8 Å². The van der Waals surface area contributed by atoms with E-state index in [4.69, 9.17) is 14.6 Å². The molecule has 3 aliphatic rings. The number of para-hydroxylation sites is 1. The van der Waals surface area contributed by atoms with Crippen LogP contribution in [0.15, 0.2) is 59.0 Å². The average Bonchev–Trinajstić information content (AvgIpc) is 3.56. The Hall–Kier alpha value is -2.88. The Morgan fingerprint density at radius 3 is 2.72 bits per heavy atom. The lowest BCUT2D eigenvalue weighted by Crippen LogP contribution is -2.57. The highest BCUT2D eigenvalue weighted by molar-refractivity contribution is 7.08. The molecule has 0 radical (unpaired) electrons. The molecule has 1 spiro atoms. The van der Waals surface area contributed by atoms with Gasteiger partial charge in [-0.25, -0.2) is 0 Å². The quantitative estimate of drug-likeness (QED) is 0.529. The van der Waals surface area contributed by atoms with Crippen LogP contribution in [0.5, 0.6) is 0 Å². The summed E-state index contributed by atoms with van der Waals surface area (Å²) in [6.45, 7) is 2.03. The Balaban J connectivity index is 1.28. The van der Waals surface area contributed by atoms with Gasteiger partial charge in [0.25, 0.3) is 5.91 Å². The van der Waals surface area contributed by atoms with Crippen molar-refractivity contribution < 1.29 is 24.2 Å². The van der Waals surface area contributed by atoms with Gasteiger partial charge >= 0.3 is 0 Å². The molecule has 2 aromatic rings. The van der Waals surface area contributed by atoms with Gasteiger partial charge in [-0.1, -0.05) is 18.2 Å². The Kier molecular flexibility index (Phi) is 7.59. The molecule has 1 aromatic heterocycles. The van der Waals surface area contributed by atoms with Gasteiger partial charge < -0.3 is 29.7 Å². The molecule has 4 heterocycles. The van der Waals surface area contributed by atoms with Crippen LogP contribution in [0.2, 0.25) is 0 Å². The van der Waals surface area contributed by atoms with Crippen molar-refractivity contribution in [3.63, 3.8) is 0 Å². The van der Waals surface area contributed by atoms with Crippen molar-refractivity contribution in [3.05, 3.63) is 64.6 Å². The number of anilines is 1. The number of rotatable bonds is 8. The number of aliphatic hydroxyl groups is 1. The monoisotopic (exact) mass is 511 g/mol. The number of nitrogens with one attached hydrogen (secondary N) is 1. The molecule has 3 aliphatic heterocycles. The summed E-state index contributed by atoms with van der Waals surface area (Å²) in [5.41, 5.74) is 1.52. The molecule has 192 valence electrons. The molecule has 2 N–H and O–H groups in total. The van der Waals surface area contributed by atoms with E-state index in [-0.39, 0.29) is 24.3 Å². The summed E-state index contributed by atoms with van der Waals surface area (Å²) < 4.78 is 12.0. The summed E-state index contributed by atoms with van der Waals surface area (Å²) in [5, 5.41) is 16.2. The summed E-state index contributed by atoms with van der Waals surface area (Å²) in [6, 6.07) is 12.0. The number of thiophene rings is 1. The number of hydrogen-bond donors (Lipinski definition) is 2. The molecular formula is C27H33N3O5S. The summed E-state index contributed by atoms with van der Waals surface area (Å²) in [4.78, 5) is 30.4. The smallest absolute Gasteiger partial charge is 0.288 e. The second kappa shape index (κ2) is 11.0. The van der Waals surface area contributed by atoms with Gasteiger partial charge in [0.2, 0.25) is 12.2 Å². The molecular weight excluding hydrogens is 478 g/mol. The zero-order chi connectivity index (χ0) is 25.0. The SMILES string of the molecule is O=C(C1=C[C@H](c2ccsc2)C[C@H](OCCCCO)O1)N1CCC2(CC1)C(=O)NCN2c1ccccc1. The first-order valence-electron chi connectivity index (χ1n) is 12.6. The third-order valence-electron chi connectivity index (χ3n) is 7.38. The first-order valence-corrected chi connectivity index (χ1v) is 13.6. The Labute approximate surface area is 215 Å². The highest BCUT2D eigenvalue weighted by atomic mass is 32.1. The van der Waals surface area contributed by atoms with E-state index >= 15 is 0 Å². The third-order valence-corrected chi connectivity index (χ3v) is 8.08. The van der Waals surface area contributed by atoms with E-state index in [1.807, 2.05) is 41.8 Å². The van der Waals surface area contributed by atoms with Gasteiger partial charge in [0.1, 0.15) is 5.54 Å². The van der Waals surface area contributed by atoms with Gasteiger partial charge in [0.05, 0.1) is 13.3 Å². The molecule has 0 saturated carbocycles. The average molecular weight is 512 g/mol. The number of aliphatic hydroxyl groups excluding tert-OH is 1. The molecule has 1 aromatic carbocycles. The van der Waals surface area contributed by atoms with Gasteiger partial charge in [-0.3, -0.25) is 9.59 Å². The number of hydrogen-bond acceptors (Lipinski definition) is 7. The van der Waals surface area contributed by atoms with Crippen LogP contribution in [-0.4, -0.2) is 66.6 Å². The van der Waals surface area contributed by atoms with Gasteiger partial charge in [0.15, 0.2) is 5.76 Å². The lowest BCUT2D eigenvalue weighted by molar-refractivity contribution is -0.154. The molecule has 2 atom stereocenters. The summed E-state index contributed by atoms with van der Waals surface area (Å²) in [7, 11) is 0. The van der Waals surface area contributed by atoms with Gasteiger partial charge in [0, 0.05) is 37.7 Å². The molecule has 9 heteroatoms. The van der Waals surface area contributed by atoms with Crippen molar-refractivity contribution in [2.24, 2.45) is 0 Å². The van der Waals surface area contributed by atoms with E-state index in [1.54, 1.807) is 16.2 Å². The fraction of sp³-hybridized carbons (Fsp3) is 0.481. The summed E-state index contributed by atoms with van der Waals surface area (Å²) in [6.07, 6.45) is 4.57. The molecule has 5 rings (SSSR count). The minimum atomic E-state index is -0.641. The minimum Gasteiger partial charge on any atom is -0.459 e. The Bertz CT molecular complexity index is 1070. The largest absolute Gasteiger partial charge is 0.459 e. The normalized spacial score (nSPS) is 23.4. The van der Waals surface area contributed by atoms with Crippen molar-refractivity contribution in [3.8, 4) is 0 Å². The second-order valence-corrected chi connectivity index (χ2v) is 10.3. The van der Waals surface area contributed by atoms with Crippen molar-refractivity contribution in [1.82, 2.24) is 10.2 Å². The van der Waals surface area contributed by atoms with Crippen molar-refractivity contribution in [2.45, 2.75) is 49.9 Å². The highest BCUT2D eigenvalue weighted by Crippen LogP contribution is 2.38. The number of nitrogens with zero attached hydrogens (tertiary/aromatic N) is 2. The number of benzene rings is 1. The zero-order valence-corrected chi connectivity index (χ0v) is 21.1. The van der Waals surface area contributed by atoms with Crippen molar-refractivity contribution in [2.75, 3.05) is 37.9 Å². The first-order chi connectivity index (χ1) is 17.6. The van der Waals surface area contributed by atoms with Gasteiger partial charge in [-0.05, 0) is 66.3 Å². The minimum absolute atomic E-state index is 0.0282. The maximum Gasteiger partial charge on any atom is 0.288 e. The van der Waals surface area contributed by atoms with Gasteiger partial charge in [-0.2, -0.15) is 11.3 Å². The summed E-state index contributed by atoms with van der Waals surface area (Å²) >= 11 is 1.63. The predicted octanol–water partition coefficient (Wildman–Crippen LogP) is 3.21. The number of ether oxygens (including phenoxy) is 2. The van der Waals surface area contributed by atoms with Crippen LogP contribution in [-0.2, 0) is 19.1 Å². The fourth-order valence-corrected chi connectivity index (χ4v) is 6.05. The maximum absolute atomic E-state index is 13.6. The maximum atomic E-state index is 13.6. The molecule has 2 fully saturated rings. The van der Waals surface area contributed by atoms with Crippen LogP contribution in [0, 0.1) is 0 Å². The number of amides is 2. The molecule has 2 amide bonds. The number of carbonyl (C=O) groups is 2. The lowest BCUT2D eigenvalue weighted by Gasteiger charge is -2.43. The number of carbonyl (C=O) groups excluding carboxylic acids is 2. The highest BCUT2D eigenvalue weighted by Gasteiger charge is 2.51. The lowest BCUT2D eigenvalue weighted by atomic mass is 9.85. The van der Waals surface area contributed by atoms with Gasteiger partial charge in [-0.15, -0.1) is 0 Å². The zero-order valence-electron chi connectivity index (χ0n) is 20.3. The molecule has 36 heavy (non-hydrogen) atoms. The van der Waals surface area contributed by atoms with Crippen molar-refractivity contribution in [1.29, 1.82) is 0 Å². The van der Waals surface area contributed by atoms with E-state index in [9.17, 15) is 9.59 Å². The molecule has 0 aliphatic carbocycles. The number of piperidine rings is 1. The predicted molar refractivity (Wildman–Crippen MR) is 137 cm³/mol. The molecule has 8 nitrogen and oxygen atoms in total. The van der Waals surface area contributed by atoms with Crippen LogP contribution < -0.4 is 10.2 Å². The van der Waals surface area contributed by atoms with Crippen LogP contribution in [0.1, 0.15) is 43.6 Å². The third kappa shape index (κ3) is 5.00. The topological polar surface area (TPSA) is 91.3 Å². The van der Waals surface area contributed by atoms with Crippen LogP contribution in [0.4, 0.5) is 5.69 Å². The van der Waals surface area contributed by atoms with E-state index in [2.05, 4.69) is 21.7 Å². The molecule has 0 unspecified atom stereocenters. The first kappa shape index (κ1) is 24.8. The second-order valence-electron chi connectivity index (χ2n) is 9.53. The van der Waals surface area contributed by atoms with Crippen LogP contribution in [0.3, 0.4) is 0 Å². The van der Waals surface area contributed by atoms with Crippen LogP contribution in [0.25, 0.3) is 0 Å². The number of unbranched alkanes of at least 4 members (excludes halogenated alkanes) is 1. The fourth-order valence-electron chi connectivity index (χ4n) is 5.33. The summed E-state index contributed by atoms with van der Waals surface area (Å²) in [5.74, 6) is 0.229. The van der Waals surface area contributed by atoms with E-state index in [0.29, 0.717) is 57.8 Å². The van der Waals surface area contributed by atoms with E-state index in [1.165, 1.54) is 0 Å². The standard InChI is InChI=1S/C27H33N3O5S/c31-13-4-5-14-34-24-17-21(20-8-15-36-18-20)16-23(35-24)25(32)29-11-9-27(10-12-29)26(33)28-19-30(27)22-6-2-1-3-7-22/h1-3,6-8,15-16,18,21,24,31H,4-5,9-14,17,19H2,(H,28,33)/t21-,24+/m0/s1. The Morgan fingerprint density at radius 2 is 2.00 bits per heavy atom. The molecule has 0 bridgehead atoms. The molecule has 2 saturated heterocycles. The number of likely N-dealkylation sites (tertiary alicyclic amines) is 1. The van der Waals surface area contributed by atoms with E-state index in [0.717, 1.165) is 17.7 Å². The van der Waals surface area contributed by atoms with Crippen LogP contribution >= 0.6 is 11.3 Å². The Morgan fingerprint density at radius 1 is 1.19 bits per heavy atom. The van der Waals surface area contributed by atoms with Crippen molar-refractivity contribution >= 4 is 28.8 Å².